The summed E-state index contributed by atoms with van der Waals surface area (Å²) in [5.74, 6) is -0.267. The third-order valence-corrected chi connectivity index (χ3v) is 3.88. The normalized spacial score (nSPS) is 19.0. The molecule has 1 aliphatic rings. The van der Waals surface area contributed by atoms with Crippen LogP contribution in [-0.2, 0) is 0 Å². The molecular formula is C15H22N2O2. The van der Waals surface area contributed by atoms with Crippen LogP contribution in [0.4, 0.5) is 5.82 Å². The molecule has 0 amide bonds. The molecule has 4 nitrogen and oxygen atoms in total. The largest absolute Gasteiger partial charge is 0.478 e. The minimum atomic E-state index is -0.897. The van der Waals surface area contributed by atoms with Gasteiger partial charge in [-0.2, -0.15) is 0 Å². The molecule has 1 fully saturated rings. The number of hydrogen-bond donors (Lipinski definition) is 1. The number of nitrogens with zero attached hydrogens (tertiary/aromatic N) is 2. The van der Waals surface area contributed by atoms with Crippen LogP contribution in [0.5, 0.6) is 0 Å². The van der Waals surface area contributed by atoms with Crippen LogP contribution in [0.15, 0.2) is 12.1 Å². The van der Waals surface area contributed by atoms with E-state index >= 15 is 0 Å². The van der Waals surface area contributed by atoms with Gasteiger partial charge in [-0.1, -0.05) is 13.8 Å². The lowest BCUT2D eigenvalue weighted by molar-refractivity contribution is 0.0697. The van der Waals surface area contributed by atoms with E-state index in [0.717, 1.165) is 31.6 Å². The second-order valence-electron chi connectivity index (χ2n) is 6.13. The average Bonchev–Trinajstić information content (AvgIpc) is 2.49. The van der Waals surface area contributed by atoms with E-state index < -0.39 is 5.97 Å². The first-order valence-corrected chi connectivity index (χ1v) is 6.85. The smallest absolute Gasteiger partial charge is 0.339 e. The standard InChI is InChI=1S/C15H22N2O2/c1-11-5-6-12(14(18)19)13(16-11)17-9-4-7-15(2,3)8-10-17/h5-6H,4,7-10H2,1-3H3,(H,18,19). The summed E-state index contributed by atoms with van der Waals surface area (Å²) in [5, 5.41) is 9.29. The van der Waals surface area contributed by atoms with Gasteiger partial charge in [-0.3, -0.25) is 0 Å². The number of anilines is 1. The van der Waals surface area contributed by atoms with Crippen LogP contribution in [-0.4, -0.2) is 29.1 Å². The molecule has 0 bridgehead atoms. The van der Waals surface area contributed by atoms with Gasteiger partial charge in [0.05, 0.1) is 0 Å². The maximum absolute atomic E-state index is 11.3. The summed E-state index contributed by atoms with van der Waals surface area (Å²) in [6.07, 6.45) is 3.33. The lowest BCUT2D eigenvalue weighted by Gasteiger charge is -2.25. The van der Waals surface area contributed by atoms with Crippen molar-refractivity contribution in [2.24, 2.45) is 5.41 Å². The summed E-state index contributed by atoms with van der Waals surface area (Å²) in [6.45, 7) is 8.22. The molecule has 0 radical (unpaired) electrons. The topological polar surface area (TPSA) is 53.4 Å². The molecule has 1 aromatic heterocycles. The number of carboxylic acids is 1. The van der Waals surface area contributed by atoms with Crippen LogP contribution in [0.25, 0.3) is 0 Å². The number of carbonyl (C=O) groups is 1. The molecule has 1 aromatic rings. The second-order valence-corrected chi connectivity index (χ2v) is 6.13. The number of aryl methyl sites for hydroxylation is 1. The predicted octanol–water partition coefficient (Wildman–Crippen LogP) is 3.10. The van der Waals surface area contributed by atoms with Crippen molar-refractivity contribution in [3.8, 4) is 0 Å². The van der Waals surface area contributed by atoms with Crippen LogP contribution >= 0.6 is 0 Å². The van der Waals surface area contributed by atoms with E-state index in [0.29, 0.717) is 16.8 Å². The predicted molar refractivity (Wildman–Crippen MR) is 75.8 cm³/mol. The molecule has 2 heterocycles. The van der Waals surface area contributed by atoms with Crippen molar-refractivity contribution < 1.29 is 9.90 Å². The van der Waals surface area contributed by atoms with E-state index in [-0.39, 0.29) is 0 Å². The first kappa shape index (κ1) is 13.8. The fraction of sp³-hybridized carbons (Fsp3) is 0.600. The summed E-state index contributed by atoms with van der Waals surface area (Å²) in [4.78, 5) is 17.9. The Kier molecular flexibility index (Phi) is 3.78. The van der Waals surface area contributed by atoms with Crippen molar-refractivity contribution in [1.29, 1.82) is 0 Å². The highest BCUT2D eigenvalue weighted by Gasteiger charge is 2.25. The molecule has 19 heavy (non-hydrogen) atoms. The fourth-order valence-corrected chi connectivity index (χ4v) is 2.59. The van der Waals surface area contributed by atoms with Gasteiger partial charge in [0.2, 0.25) is 0 Å². The summed E-state index contributed by atoms with van der Waals surface area (Å²) >= 11 is 0. The van der Waals surface area contributed by atoms with Crippen molar-refractivity contribution in [3.05, 3.63) is 23.4 Å². The summed E-state index contributed by atoms with van der Waals surface area (Å²) < 4.78 is 0. The van der Waals surface area contributed by atoms with Crippen LogP contribution in [0, 0.1) is 12.3 Å². The molecule has 104 valence electrons. The van der Waals surface area contributed by atoms with Gasteiger partial charge in [0.1, 0.15) is 11.4 Å². The number of aromatic carboxylic acids is 1. The van der Waals surface area contributed by atoms with Crippen molar-refractivity contribution in [2.75, 3.05) is 18.0 Å². The Morgan fingerprint density at radius 1 is 1.32 bits per heavy atom. The van der Waals surface area contributed by atoms with Gasteiger partial charge in [-0.15, -0.1) is 0 Å². The highest BCUT2D eigenvalue weighted by molar-refractivity contribution is 5.93. The molecule has 0 unspecified atom stereocenters. The van der Waals surface area contributed by atoms with Crippen molar-refractivity contribution in [2.45, 2.75) is 40.0 Å². The lowest BCUT2D eigenvalue weighted by atomic mass is 9.85. The Bertz CT molecular complexity index is 483. The Hall–Kier alpha value is -1.58. The average molecular weight is 262 g/mol. The van der Waals surface area contributed by atoms with E-state index in [9.17, 15) is 9.90 Å². The molecule has 1 saturated heterocycles. The quantitative estimate of drug-likeness (QED) is 0.889. The molecule has 0 spiro atoms. The number of rotatable bonds is 2. The van der Waals surface area contributed by atoms with Crippen LogP contribution in [0.3, 0.4) is 0 Å². The maximum atomic E-state index is 11.3. The van der Waals surface area contributed by atoms with Gasteiger partial charge >= 0.3 is 5.97 Å². The highest BCUT2D eigenvalue weighted by Crippen LogP contribution is 2.32. The van der Waals surface area contributed by atoms with Gasteiger partial charge in [-0.25, -0.2) is 9.78 Å². The minimum absolute atomic E-state index is 0.310. The molecule has 1 N–H and O–H groups in total. The van der Waals surface area contributed by atoms with E-state index in [2.05, 4.69) is 23.7 Å². The fourth-order valence-electron chi connectivity index (χ4n) is 2.59. The molecular weight excluding hydrogens is 240 g/mol. The molecule has 2 rings (SSSR count). The number of hydrogen-bond acceptors (Lipinski definition) is 3. The zero-order valence-electron chi connectivity index (χ0n) is 11.9. The second kappa shape index (κ2) is 5.19. The maximum Gasteiger partial charge on any atom is 0.339 e. The third-order valence-electron chi connectivity index (χ3n) is 3.88. The summed E-state index contributed by atoms with van der Waals surface area (Å²) in [7, 11) is 0. The van der Waals surface area contributed by atoms with Gasteiger partial charge in [0.15, 0.2) is 0 Å². The van der Waals surface area contributed by atoms with E-state index in [4.69, 9.17) is 0 Å². The molecule has 0 saturated carbocycles. The van der Waals surface area contributed by atoms with Gasteiger partial charge in [-0.05, 0) is 43.7 Å². The van der Waals surface area contributed by atoms with E-state index in [1.165, 1.54) is 6.42 Å². The van der Waals surface area contributed by atoms with Gasteiger partial charge in [0, 0.05) is 18.8 Å². The Labute approximate surface area is 114 Å². The van der Waals surface area contributed by atoms with E-state index in [1.807, 2.05) is 6.92 Å². The Morgan fingerprint density at radius 2 is 2.05 bits per heavy atom. The Morgan fingerprint density at radius 3 is 2.74 bits per heavy atom. The van der Waals surface area contributed by atoms with Crippen molar-refractivity contribution >= 4 is 11.8 Å². The van der Waals surface area contributed by atoms with Crippen LogP contribution in [0.2, 0.25) is 0 Å². The van der Waals surface area contributed by atoms with Gasteiger partial charge in [0.25, 0.3) is 0 Å². The summed E-state index contributed by atoms with van der Waals surface area (Å²) in [6, 6.07) is 3.42. The number of pyridine rings is 1. The minimum Gasteiger partial charge on any atom is -0.478 e. The SMILES string of the molecule is Cc1ccc(C(=O)O)c(N2CCCC(C)(C)CC2)n1. The molecule has 0 atom stereocenters. The first-order valence-electron chi connectivity index (χ1n) is 6.85. The van der Waals surface area contributed by atoms with Gasteiger partial charge < -0.3 is 10.0 Å². The number of carboxylic acid groups (broad SMARTS) is 1. The number of aromatic nitrogens is 1. The van der Waals surface area contributed by atoms with Crippen molar-refractivity contribution in [3.63, 3.8) is 0 Å². The third kappa shape index (κ3) is 3.25. The van der Waals surface area contributed by atoms with Crippen LogP contribution < -0.4 is 4.90 Å². The zero-order chi connectivity index (χ0) is 14.0. The Balaban J connectivity index is 2.30. The molecule has 0 aromatic carbocycles. The van der Waals surface area contributed by atoms with Crippen molar-refractivity contribution in [1.82, 2.24) is 4.98 Å². The summed E-state index contributed by atoms with van der Waals surface area (Å²) in [5.41, 5.74) is 1.51. The highest BCUT2D eigenvalue weighted by atomic mass is 16.4. The zero-order valence-corrected chi connectivity index (χ0v) is 11.9. The molecule has 4 heteroatoms. The lowest BCUT2D eigenvalue weighted by Crippen LogP contribution is -2.28. The monoisotopic (exact) mass is 262 g/mol. The molecule has 1 aliphatic heterocycles. The van der Waals surface area contributed by atoms with E-state index in [1.54, 1.807) is 12.1 Å². The first-order chi connectivity index (χ1) is 8.89. The van der Waals surface area contributed by atoms with Crippen LogP contribution in [0.1, 0.15) is 49.2 Å². The molecule has 0 aliphatic carbocycles.